The predicted octanol–water partition coefficient (Wildman–Crippen LogP) is 2.39. The molecule has 0 fully saturated rings. The number of ether oxygens (including phenoxy) is 1. The Bertz CT molecular complexity index is 394. The summed E-state index contributed by atoms with van der Waals surface area (Å²) in [6, 6.07) is 8.48. The van der Waals surface area contributed by atoms with Gasteiger partial charge in [-0.3, -0.25) is 4.90 Å². The number of aryl methyl sites for hydroxylation is 1. The van der Waals surface area contributed by atoms with Crippen LogP contribution >= 0.6 is 0 Å². The van der Waals surface area contributed by atoms with Gasteiger partial charge in [0.15, 0.2) is 0 Å². The Morgan fingerprint density at radius 2 is 2.16 bits per heavy atom. The molecule has 1 aliphatic carbocycles. The van der Waals surface area contributed by atoms with Crippen molar-refractivity contribution in [2.24, 2.45) is 0 Å². The van der Waals surface area contributed by atoms with Crippen LogP contribution in [0.4, 0.5) is 0 Å². The van der Waals surface area contributed by atoms with Crippen molar-refractivity contribution in [3.05, 3.63) is 35.4 Å². The average Bonchev–Trinajstić information content (AvgIpc) is 2.59. The topological polar surface area (TPSA) is 32.7 Å². The Morgan fingerprint density at radius 1 is 1.37 bits per heavy atom. The molecular formula is C16H25NO2. The molecule has 19 heavy (non-hydrogen) atoms. The highest BCUT2D eigenvalue weighted by Gasteiger charge is 2.28. The van der Waals surface area contributed by atoms with E-state index in [4.69, 9.17) is 4.74 Å². The smallest absolute Gasteiger partial charge is 0.0947 e. The zero-order valence-electron chi connectivity index (χ0n) is 12.0. The van der Waals surface area contributed by atoms with Crippen molar-refractivity contribution >= 4 is 0 Å². The zero-order chi connectivity index (χ0) is 13.7. The van der Waals surface area contributed by atoms with E-state index in [1.807, 2.05) is 13.0 Å². The van der Waals surface area contributed by atoms with Gasteiger partial charge in [0, 0.05) is 19.2 Å². The van der Waals surface area contributed by atoms with Crippen LogP contribution in [-0.4, -0.2) is 42.9 Å². The molecule has 1 aliphatic rings. The first kappa shape index (κ1) is 14.5. The fourth-order valence-corrected chi connectivity index (χ4v) is 2.90. The normalized spacial score (nSPS) is 23.2. The number of nitrogens with zero attached hydrogens (tertiary/aromatic N) is 1. The van der Waals surface area contributed by atoms with E-state index in [0.717, 1.165) is 44.6 Å². The number of benzene rings is 1. The van der Waals surface area contributed by atoms with Gasteiger partial charge in [-0.25, -0.2) is 0 Å². The molecule has 0 heterocycles. The lowest BCUT2D eigenvalue weighted by Crippen LogP contribution is -2.38. The molecule has 0 spiro atoms. The lowest BCUT2D eigenvalue weighted by molar-refractivity contribution is 0.0388. The second kappa shape index (κ2) is 7.04. The molecule has 1 N–H and O–H groups in total. The summed E-state index contributed by atoms with van der Waals surface area (Å²) < 4.78 is 5.41. The third-order valence-electron chi connectivity index (χ3n) is 4.04. The number of likely N-dealkylation sites (N-methyl/N-ethyl adjacent to an activating group) is 1. The molecule has 0 aliphatic heterocycles. The average molecular weight is 263 g/mol. The summed E-state index contributed by atoms with van der Waals surface area (Å²) in [6.07, 6.45) is 2.87. The first-order valence-corrected chi connectivity index (χ1v) is 7.28. The van der Waals surface area contributed by atoms with Gasteiger partial charge in [-0.05, 0) is 44.4 Å². The van der Waals surface area contributed by atoms with Gasteiger partial charge < -0.3 is 9.84 Å². The van der Waals surface area contributed by atoms with E-state index >= 15 is 0 Å². The Balaban J connectivity index is 2.06. The van der Waals surface area contributed by atoms with Gasteiger partial charge in [-0.15, -0.1) is 0 Å². The summed E-state index contributed by atoms with van der Waals surface area (Å²) >= 11 is 0. The van der Waals surface area contributed by atoms with Gasteiger partial charge in [0.25, 0.3) is 0 Å². The first-order chi connectivity index (χ1) is 9.24. The van der Waals surface area contributed by atoms with Crippen LogP contribution in [0, 0.1) is 0 Å². The van der Waals surface area contributed by atoms with E-state index in [9.17, 15) is 5.11 Å². The molecule has 3 nitrogen and oxygen atoms in total. The molecule has 2 rings (SSSR count). The minimum Gasteiger partial charge on any atom is -0.387 e. The molecular weight excluding hydrogens is 238 g/mol. The lowest BCUT2D eigenvalue weighted by Gasteiger charge is -2.31. The van der Waals surface area contributed by atoms with E-state index in [1.165, 1.54) is 5.56 Å². The lowest BCUT2D eigenvalue weighted by atomic mass is 9.98. The van der Waals surface area contributed by atoms with Crippen LogP contribution in [0.25, 0.3) is 0 Å². The minimum absolute atomic E-state index is 0.198. The fraction of sp³-hybridized carbons (Fsp3) is 0.625. The third-order valence-corrected chi connectivity index (χ3v) is 4.04. The molecule has 3 heteroatoms. The van der Waals surface area contributed by atoms with Crippen LogP contribution in [0.2, 0.25) is 0 Å². The number of hydrogen-bond donors (Lipinski definition) is 1. The van der Waals surface area contributed by atoms with Crippen molar-refractivity contribution in [2.45, 2.75) is 38.3 Å². The molecule has 106 valence electrons. The van der Waals surface area contributed by atoms with Crippen molar-refractivity contribution in [2.75, 3.05) is 26.8 Å². The molecule has 0 aromatic heterocycles. The molecule has 0 saturated heterocycles. The van der Waals surface area contributed by atoms with Gasteiger partial charge in [0.05, 0.1) is 12.7 Å². The van der Waals surface area contributed by atoms with Crippen LogP contribution in [-0.2, 0) is 11.2 Å². The molecule has 0 bridgehead atoms. The molecule has 0 radical (unpaired) electrons. The van der Waals surface area contributed by atoms with Crippen LogP contribution < -0.4 is 0 Å². The summed E-state index contributed by atoms with van der Waals surface area (Å²) in [5.41, 5.74) is 2.41. The number of fused-ring (bicyclic) bond motifs is 1. The molecule has 1 aromatic carbocycles. The fourth-order valence-electron chi connectivity index (χ4n) is 2.90. The Hall–Kier alpha value is -0.900. The molecule has 0 saturated carbocycles. The van der Waals surface area contributed by atoms with Crippen LogP contribution in [0.15, 0.2) is 24.3 Å². The zero-order valence-corrected chi connectivity index (χ0v) is 12.0. The maximum absolute atomic E-state index is 10.6. The highest BCUT2D eigenvalue weighted by Crippen LogP contribution is 2.31. The van der Waals surface area contributed by atoms with Crippen LogP contribution in [0.1, 0.15) is 37.0 Å². The molecule has 0 amide bonds. The van der Waals surface area contributed by atoms with Crippen LogP contribution in [0.3, 0.4) is 0 Å². The number of hydrogen-bond acceptors (Lipinski definition) is 3. The Labute approximate surface area is 116 Å². The summed E-state index contributed by atoms with van der Waals surface area (Å²) in [7, 11) is 2.08. The summed E-state index contributed by atoms with van der Waals surface area (Å²) in [5.74, 6) is 0. The SMILES string of the molecule is CCOCCN(C)C1CCCc2ccccc2C1O. The van der Waals surface area contributed by atoms with E-state index in [-0.39, 0.29) is 12.1 Å². The van der Waals surface area contributed by atoms with Crippen molar-refractivity contribution in [1.29, 1.82) is 0 Å². The largest absolute Gasteiger partial charge is 0.387 e. The molecule has 1 aromatic rings. The predicted molar refractivity (Wildman–Crippen MR) is 77.3 cm³/mol. The Kier molecular flexibility index (Phi) is 5.37. The van der Waals surface area contributed by atoms with Gasteiger partial charge in [-0.1, -0.05) is 24.3 Å². The second-order valence-corrected chi connectivity index (χ2v) is 5.28. The number of aliphatic hydroxyl groups is 1. The van der Waals surface area contributed by atoms with Gasteiger partial charge >= 0.3 is 0 Å². The van der Waals surface area contributed by atoms with E-state index in [1.54, 1.807) is 0 Å². The van der Waals surface area contributed by atoms with E-state index < -0.39 is 0 Å². The number of rotatable bonds is 5. The van der Waals surface area contributed by atoms with Gasteiger partial charge in [-0.2, -0.15) is 0 Å². The van der Waals surface area contributed by atoms with Crippen molar-refractivity contribution in [3.8, 4) is 0 Å². The van der Waals surface area contributed by atoms with Gasteiger partial charge in [0.1, 0.15) is 0 Å². The van der Waals surface area contributed by atoms with E-state index in [0.29, 0.717) is 0 Å². The quantitative estimate of drug-likeness (QED) is 0.654. The maximum Gasteiger partial charge on any atom is 0.0947 e. The Morgan fingerprint density at radius 3 is 2.95 bits per heavy atom. The number of aliphatic hydroxyl groups excluding tert-OH is 1. The minimum atomic E-state index is -0.384. The third kappa shape index (κ3) is 3.56. The highest BCUT2D eigenvalue weighted by molar-refractivity contribution is 5.31. The van der Waals surface area contributed by atoms with Crippen molar-refractivity contribution in [3.63, 3.8) is 0 Å². The highest BCUT2D eigenvalue weighted by atomic mass is 16.5. The second-order valence-electron chi connectivity index (χ2n) is 5.28. The van der Waals surface area contributed by atoms with Gasteiger partial charge in [0.2, 0.25) is 0 Å². The molecule has 2 unspecified atom stereocenters. The molecule has 2 atom stereocenters. The maximum atomic E-state index is 10.6. The van der Waals surface area contributed by atoms with Crippen molar-refractivity contribution in [1.82, 2.24) is 4.90 Å². The van der Waals surface area contributed by atoms with E-state index in [2.05, 4.69) is 30.1 Å². The van der Waals surface area contributed by atoms with Crippen molar-refractivity contribution < 1.29 is 9.84 Å². The summed E-state index contributed by atoms with van der Waals surface area (Å²) in [6.45, 7) is 4.37. The summed E-state index contributed by atoms with van der Waals surface area (Å²) in [5, 5.41) is 10.6. The van der Waals surface area contributed by atoms with Crippen LogP contribution in [0.5, 0.6) is 0 Å². The summed E-state index contributed by atoms with van der Waals surface area (Å²) in [4.78, 5) is 2.24. The monoisotopic (exact) mass is 263 g/mol. The first-order valence-electron chi connectivity index (χ1n) is 7.28. The standard InChI is InChI=1S/C16H25NO2/c1-3-19-12-11-17(2)15-10-6-8-13-7-4-5-9-14(13)16(15)18/h4-5,7,9,15-16,18H,3,6,8,10-12H2,1-2H3.